The van der Waals surface area contributed by atoms with Crippen molar-refractivity contribution in [1.82, 2.24) is 10.6 Å². The molecule has 1 aliphatic carbocycles. The smallest absolute Gasteiger partial charge is 0.414 e. The summed E-state index contributed by atoms with van der Waals surface area (Å²) in [6.07, 6.45) is 2.79. The zero-order valence-corrected chi connectivity index (χ0v) is 17.3. The van der Waals surface area contributed by atoms with Crippen molar-refractivity contribution in [2.24, 2.45) is 0 Å². The molecule has 2 N–H and O–H groups in total. The van der Waals surface area contributed by atoms with Gasteiger partial charge >= 0.3 is 6.09 Å². The third-order valence-electron chi connectivity index (χ3n) is 4.46. The number of hydrogen-bond donors (Lipinski definition) is 2. The average Bonchev–Trinajstić information content (AvgIpc) is 3.07. The summed E-state index contributed by atoms with van der Waals surface area (Å²) in [7, 11) is 0. The number of cyclic esters (lactones) is 1. The van der Waals surface area contributed by atoms with E-state index in [1.165, 1.54) is 17.9 Å². The zero-order chi connectivity index (χ0) is 21.0. The highest BCUT2D eigenvalue weighted by Crippen LogP contribution is 2.22. The number of rotatable bonds is 6. The number of ether oxygens (including phenoxy) is 1. The van der Waals surface area contributed by atoms with Gasteiger partial charge in [0.25, 0.3) is 5.91 Å². The van der Waals surface area contributed by atoms with Gasteiger partial charge in [-0.3, -0.25) is 14.5 Å². The van der Waals surface area contributed by atoms with Gasteiger partial charge in [0.1, 0.15) is 6.10 Å². The number of amides is 3. The molecular formula is C20H20ClN3O4S. The van der Waals surface area contributed by atoms with Crippen molar-refractivity contribution >= 4 is 52.3 Å². The molecule has 0 saturated carbocycles. The lowest BCUT2D eigenvalue weighted by atomic mass is 10.0. The first-order valence-electron chi connectivity index (χ1n) is 9.04. The van der Waals surface area contributed by atoms with Gasteiger partial charge in [0, 0.05) is 35.5 Å². The summed E-state index contributed by atoms with van der Waals surface area (Å²) < 4.78 is 5.35. The zero-order valence-electron chi connectivity index (χ0n) is 15.7. The van der Waals surface area contributed by atoms with Gasteiger partial charge in [0.05, 0.1) is 18.7 Å². The van der Waals surface area contributed by atoms with E-state index in [-0.39, 0.29) is 18.4 Å². The van der Waals surface area contributed by atoms with Gasteiger partial charge in [0.2, 0.25) is 5.91 Å². The number of hydrogen-bond acceptors (Lipinski definition) is 5. The lowest BCUT2D eigenvalue weighted by Gasteiger charge is -2.15. The number of carbonyl (C=O) groups is 3. The Bertz CT molecular complexity index is 911. The molecule has 29 heavy (non-hydrogen) atoms. The third kappa shape index (κ3) is 5.42. The van der Waals surface area contributed by atoms with E-state index < -0.39 is 12.2 Å². The first-order valence-corrected chi connectivity index (χ1v) is 9.82. The van der Waals surface area contributed by atoms with Crippen LogP contribution in [0.25, 0.3) is 0 Å². The number of halogens is 1. The van der Waals surface area contributed by atoms with E-state index >= 15 is 0 Å². The van der Waals surface area contributed by atoms with Crippen LogP contribution in [0.1, 0.15) is 18.9 Å². The van der Waals surface area contributed by atoms with Crippen molar-refractivity contribution < 1.29 is 19.1 Å². The Morgan fingerprint density at radius 3 is 2.69 bits per heavy atom. The molecule has 0 spiro atoms. The normalized spacial score (nSPS) is 18.7. The lowest BCUT2D eigenvalue weighted by molar-refractivity contribution is -0.119. The van der Waals surface area contributed by atoms with E-state index in [0.29, 0.717) is 40.7 Å². The first-order chi connectivity index (χ1) is 13.8. The Balaban J connectivity index is 1.55. The van der Waals surface area contributed by atoms with Gasteiger partial charge in [-0.15, -0.1) is 0 Å². The maximum absolute atomic E-state index is 12.4. The molecule has 3 rings (SSSR count). The Labute approximate surface area is 178 Å². The van der Waals surface area contributed by atoms with Crippen LogP contribution < -0.4 is 15.5 Å². The Kier molecular flexibility index (Phi) is 6.66. The Hall–Kier alpha value is -2.71. The summed E-state index contributed by atoms with van der Waals surface area (Å²) in [5.74, 6) is -0.441. The molecular weight excluding hydrogens is 414 g/mol. The van der Waals surface area contributed by atoms with E-state index in [4.69, 9.17) is 28.6 Å². The number of nitrogens with zero attached hydrogens (tertiary/aromatic N) is 1. The SMILES string of the molecule is CC(=O)NCc1ccc(N2CC(CNC(=O)C3=CC(Cl)=CCC3=S)OC2=O)cc1. The minimum Gasteiger partial charge on any atom is -0.442 e. The van der Waals surface area contributed by atoms with Crippen molar-refractivity contribution in [1.29, 1.82) is 0 Å². The summed E-state index contributed by atoms with van der Waals surface area (Å²) >= 11 is 11.1. The van der Waals surface area contributed by atoms with E-state index in [0.717, 1.165) is 5.56 Å². The van der Waals surface area contributed by atoms with Crippen LogP contribution in [0.5, 0.6) is 0 Å². The van der Waals surface area contributed by atoms with Crippen LogP contribution in [0.4, 0.5) is 10.5 Å². The maximum atomic E-state index is 12.4. The fourth-order valence-corrected chi connectivity index (χ4v) is 3.35. The van der Waals surface area contributed by atoms with E-state index in [9.17, 15) is 14.4 Å². The number of anilines is 1. The second-order valence-electron chi connectivity index (χ2n) is 6.68. The monoisotopic (exact) mass is 433 g/mol. The molecule has 2 aliphatic rings. The topological polar surface area (TPSA) is 87.7 Å². The predicted molar refractivity (Wildman–Crippen MR) is 114 cm³/mol. The number of allylic oxidation sites excluding steroid dienone is 3. The standard InChI is InChI=1S/C20H20ClN3O4S/c1-12(25)22-9-13-2-5-15(6-3-13)24-11-16(28-20(24)27)10-23-19(26)17-8-14(21)4-7-18(17)29/h2-6,8,16H,7,9-11H2,1H3,(H,22,25)(H,23,26). The average molecular weight is 434 g/mol. The van der Waals surface area contributed by atoms with Crippen LogP contribution in [-0.2, 0) is 20.9 Å². The Morgan fingerprint density at radius 2 is 2.00 bits per heavy atom. The van der Waals surface area contributed by atoms with E-state index in [1.54, 1.807) is 18.2 Å². The van der Waals surface area contributed by atoms with Crippen LogP contribution in [0.2, 0.25) is 0 Å². The minimum absolute atomic E-state index is 0.106. The quantitative estimate of drug-likeness (QED) is 0.673. The molecule has 1 atom stereocenters. The molecule has 0 bridgehead atoms. The minimum atomic E-state index is -0.478. The van der Waals surface area contributed by atoms with Crippen LogP contribution in [0, 0.1) is 0 Å². The van der Waals surface area contributed by atoms with Crippen molar-refractivity contribution in [2.45, 2.75) is 26.0 Å². The van der Waals surface area contributed by atoms with Gasteiger partial charge in [-0.1, -0.05) is 42.0 Å². The lowest BCUT2D eigenvalue weighted by Crippen LogP contribution is -2.36. The fraction of sp³-hybridized carbons (Fsp3) is 0.300. The third-order valence-corrected chi connectivity index (χ3v) is 5.11. The summed E-state index contributed by atoms with van der Waals surface area (Å²) in [4.78, 5) is 37.6. The summed E-state index contributed by atoms with van der Waals surface area (Å²) in [5.41, 5.74) is 1.97. The Morgan fingerprint density at radius 1 is 1.28 bits per heavy atom. The molecule has 1 fully saturated rings. The molecule has 0 radical (unpaired) electrons. The van der Waals surface area contributed by atoms with Crippen LogP contribution in [-0.4, -0.2) is 42.0 Å². The molecule has 1 unspecified atom stereocenters. The largest absolute Gasteiger partial charge is 0.442 e. The molecule has 1 aromatic rings. The van der Waals surface area contributed by atoms with Crippen molar-refractivity contribution in [3.8, 4) is 0 Å². The van der Waals surface area contributed by atoms with Crippen molar-refractivity contribution in [3.63, 3.8) is 0 Å². The number of thiocarbonyl (C=S) groups is 1. The molecule has 1 aliphatic heterocycles. The summed E-state index contributed by atoms with van der Waals surface area (Å²) in [6.45, 7) is 2.36. The fourth-order valence-electron chi connectivity index (χ4n) is 2.93. The molecule has 7 nitrogen and oxygen atoms in total. The number of carbonyl (C=O) groups excluding carboxylic acids is 3. The van der Waals surface area contributed by atoms with Crippen LogP contribution in [0.3, 0.4) is 0 Å². The van der Waals surface area contributed by atoms with Crippen LogP contribution in [0.15, 0.2) is 47.0 Å². The molecule has 3 amide bonds. The maximum Gasteiger partial charge on any atom is 0.414 e. The van der Waals surface area contributed by atoms with Crippen molar-refractivity contribution in [3.05, 3.63) is 52.6 Å². The molecule has 1 aromatic carbocycles. The highest BCUT2D eigenvalue weighted by molar-refractivity contribution is 7.81. The molecule has 0 aromatic heterocycles. The molecule has 1 saturated heterocycles. The summed E-state index contributed by atoms with van der Waals surface area (Å²) in [6, 6.07) is 7.25. The molecule has 1 heterocycles. The highest BCUT2D eigenvalue weighted by Gasteiger charge is 2.32. The highest BCUT2D eigenvalue weighted by atomic mass is 35.5. The van der Waals surface area contributed by atoms with E-state index in [1.807, 2.05) is 12.1 Å². The van der Waals surface area contributed by atoms with Gasteiger partial charge in [-0.2, -0.15) is 0 Å². The second-order valence-corrected chi connectivity index (χ2v) is 7.61. The van der Waals surface area contributed by atoms with Crippen molar-refractivity contribution in [2.75, 3.05) is 18.0 Å². The van der Waals surface area contributed by atoms with Gasteiger partial charge in [-0.05, 0) is 23.8 Å². The second kappa shape index (κ2) is 9.19. The predicted octanol–water partition coefficient (Wildman–Crippen LogP) is 2.59. The van der Waals surface area contributed by atoms with Gasteiger partial charge < -0.3 is 15.4 Å². The van der Waals surface area contributed by atoms with Crippen LogP contribution >= 0.6 is 23.8 Å². The first kappa shape index (κ1) is 21.0. The van der Waals surface area contributed by atoms with Gasteiger partial charge in [-0.25, -0.2) is 4.79 Å². The van der Waals surface area contributed by atoms with E-state index in [2.05, 4.69) is 10.6 Å². The molecule has 152 valence electrons. The number of benzene rings is 1. The molecule has 9 heteroatoms. The van der Waals surface area contributed by atoms with Gasteiger partial charge in [0.15, 0.2) is 0 Å². The number of nitrogens with one attached hydrogen (secondary N) is 2. The summed E-state index contributed by atoms with van der Waals surface area (Å²) in [5, 5.41) is 5.94.